The summed E-state index contributed by atoms with van der Waals surface area (Å²) in [7, 11) is 0. The van der Waals surface area contributed by atoms with Crippen molar-refractivity contribution in [1.82, 2.24) is 51.0 Å². The molecule has 4 heterocycles. The van der Waals surface area contributed by atoms with E-state index in [-0.39, 0.29) is 29.6 Å². The van der Waals surface area contributed by atoms with Crippen molar-refractivity contribution in [2.75, 3.05) is 18.1 Å². The van der Waals surface area contributed by atoms with Gasteiger partial charge in [-0.15, -0.1) is 22.0 Å². The topological polar surface area (TPSA) is 168 Å². The zero-order valence-electron chi connectivity index (χ0n) is 16.8. The molecule has 0 spiro atoms. The molecule has 3 N–H and O–H groups in total. The van der Waals surface area contributed by atoms with E-state index in [0.29, 0.717) is 28.1 Å². The number of tetrazole rings is 2. The highest BCUT2D eigenvalue weighted by Gasteiger charge is 2.53. The second kappa shape index (κ2) is 9.74. The lowest BCUT2D eigenvalue weighted by molar-refractivity contribution is -0.149. The Morgan fingerprint density at radius 3 is 2.97 bits per heavy atom. The van der Waals surface area contributed by atoms with Gasteiger partial charge in [0.05, 0.1) is 0 Å². The van der Waals surface area contributed by atoms with Gasteiger partial charge in [-0.3, -0.25) is 9.69 Å². The van der Waals surface area contributed by atoms with Crippen LogP contribution in [-0.4, -0.2) is 92.2 Å². The molecule has 2 atom stereocenters. The number of aromatic amines is 1. The lowest BCUT2D eigenvalue weighted by atomic mass is 10.0. The van der Waals surface area contributed by atoms with Crippen LogP contribution in [-0.2, 0) is 16.1 Å². The van der Waals surface area contributed by atoms with Gasteiger partial charge in [-0.05, 0) is 39.4 Å². The summed E-state index contributed by atoms with van der Waals surface area (Å²) in [5.74, 6) is 0.111. The molecule has 31 heavy (non-hydrogen) atoms. The highest BCUT2D eigenvalue weighted by Crippen LogP contribution is 2.41. The molecule has 2 aliphatic heterocycles. The van der Waals surface area contributed by atoms with E-state index in [1.54, 1.807) is 11.8 Å². The first-order valence-electron chi connectivity index (χ1n) is 9.85. The summed E-state index contributed by atoms with van der Waals surface area (Å²) < 4.78 is 1.53. The predicted octanol–water partition coefficient (Wildman–Crippen LogP) is -0.271. The molecule has 1 saturated heterocycles. The SMILES string of the molecule is CCCCCNC1C(=O)N2C(C(=O)O)=C(CSc3nnnn3Cc3nnn[nH]3)CS[C@@H]12. The molecule has 0 aromatic carbocycles. The van der Waals surface area contributed by atoms with Crippen LogP contribution in [0.1, 0.15) is 32.0 Å². The highest BCUT2D eigenvalue weighted by molar-refractivity contribution is 8.01. The van der Waals surface area contributed by atoms with Crippen LogP contribution in [0, 0.1) is 0 Å². The first-order chi connectivity index (χ1) is 15.1. The number of carboxylic acids is 1. The Hall–Kier alpha value is -2.52. The predicted molar refractivity (Wildman–Crippen MR) is 111 cm³/mol. The highest BCUT2D eigenvalue weighted by atomic mass is 32.2. The number of thioether (sulfide) groups is 2. The van der Waals surface area contributed by atoms with E-state index < -0.39 is 5.97 Å². The minimum atomic E-state index is -1.09. The molecule has 1 amide bonds. The third-order valence-corrected chi connectivity index (χ3v) is 7.34. The number of rotatable bonds is 11. The maximum atomic E-state index is 12.7. The van der Waals surface area contributed by atoms with Gasteiger partial charge in [0.1, 0.15) is 23.7 Å². The summed E-state index contributed by atoms with van der Waals surface area (Å²) in [6, 6.07) is -0.326. The van der Waals surface area contributed by atoms with Crippen molar-refractivity contribution >= 4 is 35.4 Å². The van der Waals surface area contributed by atoms with Crippen LogP contribution >= 0.6 is 23.5 Å². The van der Waals surface area contributed by atoms with Gasteiger partial charge in [0, 0.05) is 11.5 Å². The number of β-lactam (4-membered cyclic amide) rings is 1. The molecule has 2 aromatic heterocycles. The number of nitrogens with one attached hydrogen (secondary N) is 2. The first kappa shape index (κ1) is 21.7. The fraction of sp³-hybridized carbons (Fsp3) is 0.625. The normalized spacial score (nSPS) is 20.7. The number of hydrogen-bond donors (Lipinski definition) is 3. The molecule has 0 radical (unpaired) electrons. The monoisotopic (exact) mass is 466 g/mol. The molecule has 1 fully saturated rings. The third-order valence-electron chi connectivity index (χ3n) is 4.96. The number of carbonyl (C=O) groups is 2. The van der Waals surface area contributed by atoms with Gasteiger partial charge in [0.2, 0.25) is 11.1 Å². The van der Waals surface area contributed by atoms with Crippen molar-refractivity contribution in [1.29, 1.82) is 0 Å². The zero-order chi connectivity index (χ0) is 21.8. The molecular formula is C16H22N10O3S2. The fourth-order valence-corrected chi connectivity index (χ4v) is 5.81. The van der Waals surface area contributed by atoms with Crippen molar-refractivity contribution in [2.45, 2.75) is 49.3 Å². The van der Waals surface area contributed by atoms with Crippen molar-refractivity contribution in [3.63, 3.8) is 0 Å². The van der Waals surface area contributed by atoms with Crippen molar-refractivity contribution in [2.24, 2.45) is 0 Å². The lowest BCUT2D eigenvalue weighted by Crippen LogP contribution is -2.70. The number of aromatic nitrogens is 8. The van der Waals surface area contributed by atoms with E-state index in [2.05, 4.69) is 48.4 Å². The molecule has 13 nitrogen and oxygen atoms in total. The van der Waals surface area contributed by atoms with E-state index >= 15 is 0 Å². The number of unbranched alkanes of at least 4 members (excludes halogenated alkanes) is 2. The molecule has 166 valence electrons. The third kappa shape index (κ3) is 4.57. The molecule has 1 unspecified atom stereocenters. The number of amides is 1. The summed E-state index contributed by atoms with van der Waals surface area (Å²) in [6.07, 6.45) is 3.21. The van der Waals surface area contributed by atoms with Crippen molar-refractivity contribution in [3.05, 3.63) is 17.1 Å². The molecule has 15 heteroatoms. The Morgan fingerprint density at radius 2 is 2.23 bits per heavy atom. The molecule has 2 aliphatic rings. The number of nitrogens with zero attached hydrogens (tertiary/aromatic N) is 8. The molecule has 0 bridgehead atoms. The van der Waals surface area contributed by atoms with Gasteiger partial charge in [0.25, 0.3) is 0 Å². The first-order valence-corrected chi connectivity index (χ1v) is 11.9. The largest absolute Gasteiger partial charge is 0.477 e. The van der Waals surface area contributed by atoms with Crippen LogP contribution in [0.5, 0.6) is 0 Å². The van der Waals surface area contributed by atoms with Crippen molar-refractivity contribution < 1.29 is 14.7 Å². The summed E-state index contributed by atoms with van der Waals surface area (Å²) in [6.45, 7) is 3.15. The maximum Gasteiger partial charge on any atom is 0.352 e. The van der Waals surface area contributed by atoms with Crippen LogP contribution in [0.4, 0.5) is 0 Å². The summed E-state index contributed by atoms with van der Waals surface area (Å²) >= 11 is 2.89. The molecule has 4 rings (SSSR count). The van der Waals surface area contributed by atoms with Gasteiger partial charge in [-0.25, -0.2) is 14.6 Å². The maximum absolute atomic E-state index is 12.7. The fourth-order valence-electron chi connectivity index (χ4n) is 3.42. The Labute approximate surface area is 185 Å². The second-order valence-corrected chi connectivity index (χ2v) is 9.11. The molecule has 0 saturated carbocycles. The minimum absolute atomic E-state index is 0.0753. The average Bonchev–Trinajstić information content (AvgIpc) is 3.43. The second-order valence-electron chi connectivity index (χ2n) is 7.06. The number of carboxylic acid groups (broad SMARTS) is 1. The Bertz CT molecular complexity index is 963. The van der Waals surface area contributed by atoms with Crippen LogP contribution in [0.2, 0.25) is 0 Å². The number of hydrogen-bond acceptors (Lipinski definition) is 11. The molecular weight excluding hydrogens is 444 g/mol. The van der Waals surface area contributed by atoms with Gasteiger partial charge < -0.3 is 10.4 Å². The van der Waals surface area contributed by atoms with Gasteiger partial charge in [-0.1, -0.05) is 31.5 Å². The standard InChI is InChI=1S/C16H22N10O3S2/c1-2-3-4-5-17-11-13(27)26-12(15(28)29)9(7-30-14(11)26)8-31-16-20-23-24-25(16)6-10-18-21-22-19-10/h11,14,17H,2-8H2,1H3,(H,28,29)(H,18,19,21,22)/t11?,14-/m0/s1. The summed E-state index contributed by atoms with van der Waals surface area (Å²) in [5, 5.41) is 38.5. The van der Waals surface area contributed by atoms with E-state index in [0.717, 1.165) is 25.8 Å². The van der Waals surface area contributed by atoms with Gasteiger partial charge in [0.15, 0.2) is 5.82 Å². The Kier molecular flexibility index (Phi) is 6.82. The molecule has 2 aromatic rings. The van der Waals surface area contributed by atoms with E-state index in [9.17, 15) is 14.7 Å². The number of fused-ring (bicyclic) bond motifs is 1. The summed E-state index contributed by atoms with van der Waals surface area (Å²) in [5.41, 5.74) is 0.749. The van der Waals surface area contributed by atoms with Crippen molar-refractivity contribution in [3.8, 4) is 0 Å². The van der Waals surface area contributed by atoms with Gasteiger partial charge in [-0.2, -0.15) is 0 Å². The average molecular weight is 467 g/mol. The van der Waals surface area contributed by atoms with E-state index in [1.807, 2.05) is 0 Å². The van der Waals surface area contributed by atoms with Crippen LogP contribution in [0.3, 0.4) is 0 Å². The number of H-pyrrole nitrogens is 1. The molecule has 0 aliphatic carbocycles. The lowest BCUT2D eigenvalue weighted by Gasteiger charge is -2.49. The van der Waals surface area contributed by atoms with Crippen LogP contribution < -0.4 is 5.32 Å². The Morgan fingerprint density at radius 1 is 1.35 bits per heavy atom. The quantitative estimate of drug-likeness (QED) is 0.225. The Balaban J connectivity index is 1.42. The van der Waals surface area contributed by atoms with Gasteiger partial charge >= 0.3 is 5.97 Å². The summed E-state index contributed by atoms with van der Waals surface area (Å²) in [4.78, 5) is 26.1. The van der Waals surface area contributed by atoms with Crippen LogP contribution in [0.15, 0.2) is 16.4 Å². The minimum Gasteiger partial charge on any atom is -0.477 e. The number of aliphatic carboxylic acids is 1. The smallest absolute Gasteiger partial charge is 0.352 e. The van der Waals surface area contributed by atoms with E-state index in [4.69, 9.17) is 0 Å². The van der Waals surface area contributed by atoms with Crippen LogP contribution in [0.25, 0.3) is 0 Å². The number of carbonyl (C=O) groups excluding carboxylic acids is 1. The zero-order valence-corrected chi connectivity index (χ0v) is 18.4. The van der Waals surface area contributed by atoms with E-state index in [1.165, 1.54) is 21.3 Å².